The summed E-state index contributed by atoms with van der Waals surface area (Å²) in [6, 6.07) is 0. The molecule has 0 spiro atoms. The van der Waals surface area contributed by atoms with Crippen molar-refractivity contribution in [1.29, 1.82) is 0 Å². The van der Waals surface area contributed by atoms with Gasteiger partial charge in [-0.1, -0.05) is 19.8 Å². The molecule has 1 aliphatic heterocycles. The van der Waals surface area contributed by atoms with Crippen LogP contribution in [0.25, 0.3) is 0 Å². The SMILES string of the molecule is C#C[C@@H]1OC(=O)NCC1(C)C. The van der Waals surface area contributed by atoms with Crippen LogP contribution >= 0.6 is 0 Å². The summed E-state index contributed by atoms with van der Waals surface area (Å²) < 4.78 is 4.86. The highest BCUT2D eigenvalue weighted by molar-refractivity contribution is 5.68. The first-order valence-electron chi connectivity index (χ1n) is 3.47. The molecular formula is C8H11NO2. The number of carbonyl (C=O) groups is 1. The Morgan fingerprint density at radius 2 is 2.45 bits per heavy atom. The zero-order valence-electron chi connectivity index (χ0n) is 6.68. The molecule has 1 saturated heterocycles. The van der Waals surface area contributed by atoms with Gasteiger partial charge in [-0.15, -0.1) is 6.42 Å². The summed E-state index contributed by atoms with van der Waals surface area (Å²) in [5, 5.41) is 2.58. The molecule has 0 aromatic carbocycles. The number of hydrogen-bond acceptors (Lipinski definition) is 2. The number of nitrogens with one attached hydrogen (secondary N) is 1. The van der Waals surface area contributed by atoms with Crippen LogP contribution in [0, 0.1) is 17.8 Å². The van der Waals surface area contributed by atoms with Gasteiger partial charge in [0.05, 0.1) is 0 Å². The highest BCUT2D eigenvalue weighted by atomic mass is 16.6. The zero-order valence-corrected chi connectivity index (χ0v) is 6.68. The van der Waals surface area contributed by atoms with Gasteiger partial charge in [0.2, 0.25) is 0 Å². The van der Waals surface area contributed by atoms with Crippen LogP contribution in [-0.4, -0.2) is 18.7 Å². The Kier molecular flexibility index (Phi) is 1.77. The van der Waals surface area contributed by atoms with E-state index >= 15 is 0 Å². The molecule has 1 rings (SSSR count). The average Bonchev–Trinajstić information content (AvgIpc) is 1.94. The number of ether oxygens (including phenoxy) is 1. The molecule has 0 unspecified atom stereocenters. The van der Waals surface area contributed by atoms with Gasteiger partial charge in [-0.05, 0) is 0 Å². The van der Waals surface area contributed by atoms with Gasteiger partial charge in [0, 0.05) is 12.0 Å². The molecule has 1 aliphatic rings. The van der Waals surface area contributed by atoms with Crippen molar-refractivity contribution in [3.63, 3.8) is 0 Å². The molecule has 0 radical (unpaired) electrons. The number of cyclic esters (lactones) is 1. The molecule has 0 bridgehead atoms. The van der Waals surface area contributed by atoms with Gasteiger partial charge in [-0.2, -0.15) is 0 Å². The molecule has 0 aromatic rings. The topological polar surface area (TPSA) is 38.3 Å². The maximum Gasteiger partial charge on any atom is 0.408 e. The molecule has 1 N–H and O–H groups in total. The molecule has 0 aromatic heterocycles. The van der Waals surface area contributed by atoms with Crippen LogP contribution in [0.4, 0.5) is 4.79 Å². The number of amides is 1. The highest BCUT2D eigenvalue weighted by Crippen LogP contribution is 2.24. The molecule has 3 heteroatoms. The van der Waals surface area contributed by atoms with Crippen LogP contribution in [0.5, 0.6) is 0 Å². The van der Waals surface area contributed by atoms with Crippen molar-refractivity contribution in [2.24, 2.45) is 5.41 Å². The summed E-state index contributed by atoms with van der Waals surface area (Å²) in [5.74, 6) is 2.44. The molecule has 1 atom stereocenters. The second kappa shape index (κ2) is 2.46. The zero-order chi connectivity index (χ0) is 8.48. The predicted molar refractivity (Wildman–Crippen MR) is 40.9 cm³/mol. The van der Waals surface area contributed by atoms with E-state index in [-0.39, 0.29) is 5.41 Å². The lowest BCUT2D eigenvalue weighted by Gasteiger charge is -2.34. The van der Waals surface area contributed by atoms with Crippen molar-refractivity contribution in [1.82, 2.24) is 5.32 Å². The highest BCUT2D eigenvalue weighted by Gasteiger charge is 2.35. The fourth-order valence-electron chi connectivity index (χ4n) is 0.961. The summed E-state index contributed by atoms with van der Waals surface area (Å²) >= 11 is 0. The lowest BCUT2D eigenvalue weighted by Crippen LogP contribution is -2.49. The van der Waals surface area contributed by atoms with E-state index in [9.17, 15) is 4.79 Å². The third kappa shape index (κ3) is 1.45. The van der Waals surface area contributed by atoms with Crippen molar-refractivity contribution in [3.8, 4) is 12.3 Å². The van der Waals surface area contributed by atoms with Gasteiger partial charge >= 0.3 is 6.09 Å². The Morgan fingerprint density at radius 1 is 1.82 bits per heavy atom. The van der Waals surface area contributed by atoms with E-state index in [1.54, 1.807) is 0 Å². The van der Waals surface area contributed by atoms with Crippen LogP contribution in [0.15, 0.2) is 0 Å². The third-order valence-electron chi connectivity index (χ3n) is 1.77. The van der Waals surface area contributed by atoms with Gasteiger partial charge < -0.3 is 10.1 Å². The maximum atomic E-state index is 10.7. The van der Waals surface area contributed by atoms with Crippen LogP contribution in [0.2, 0.25) is 0 Å². The van der Waals surface area contributed by atoms with Crippen LogP contribution in [-0.2, 0) is 4.74 Å². The Hall–Kier alpha value is -1.17. The maximum absolute atomic E-state index is 10.7. The number of rotatable bonds is 0. The van der Waals surface area contributed by atoms with Crippen molar-refractivity contribution in [2.45, 2.75) is 20.0 Å². The molecular weight excluding hydrogens is 142 g/mol. The Morgan fingerprint density at radius 3 is 2.91 bits per heavy atom. The van der Waals surface area contributed by atoms with E-state index in [4.69, 9.17) is 11.2 Å². The van der Waals surface area contributed by atoms with Gasteiger partial charge in [-0.3, -0.25) is 0 Å². The minimum atomic E-state index is -0.424. The lowest BCUT2D eigenvalue weighted by molar-refractivity contribution is 0.0303. The van der Waals surface area contributed by atoms with E-state index in [1.807, 2.05) is 13.8 Å². The quantitative estimate of drug-likeness (QED) is 0.521. The Balaban J connectivity index is 2.73. The molecule has 0 saturated carbocycles. The minimum Gasteiger partial charge on any atom is -0.432 e. The van der Waals surface area contributed by atoms with Crippen molar-refractivity contribution < 1.29 is 9.53 Å². The molecule has 60 valence electrons. The number of alkyl carbamates (subject to hydrolysis) is 1. The van der Waals surface area contributed by atoms with Crippen LogP contribution in [0.3, 0.4) is 0 Å². The summed E-state index contributed by atoms with van der Waals surface area (Å²) in [5.41, 5.74) is -0.164. The van der Waals surface area contributed by atoms with Crippen LogP contribution < -0.4 is 5.32 Å². The molecule has 3 nitrogen and oxygen atoms in total. The minimum absolute atomic E-state index is 0.164. The second-order valence-electron chi connectivity index (χ2n) is 3.29. The predicted octanol–water partition coefficient (Wildman–Crippen LogP) is 0.754. The number of carbonyl (C=O) groups excluding carboxylic acids is 1. The molecule has 11 heavy (non-hydrogen) atoms. The van der Waals surface area contributed by atoms with E-state index in [0.29, 0.717) is 6.54 Å². The largest absolute Gasteiger partial charge is 0.432 e. The van der Waals surface area contributed by atoms with Crippen LogP contribution in [0.1, 0.15) is 13.8 Å². The van der Waals surface area contributed by atoms with E-state index < -0.39 is 12.2 Å². The first kappa shape index (κ1) is 7.93. The number of hydrogen-bond donors (Lipinski definition) is 1. The van der Waals surface area contributed by atoms with Crippen molar-refractivity contribution >= 4 is 6.09 Å². The normalized spacial score (nSPS) is 28.1. The van der Waals surface area contributed by atoms with E-state index in [0.717, 1.165) is 0 Å². The van der Waals surface area contributed by atoms with Crippen molar-refractivity contribution in [3.05, 3.63) is 0 Å². The third-order valence-corrected chi connectivity index (χ3v) is 1.77. The van der Waals surface area contributed by atoms with Gasteiger partial charge in [0.15, 0.2) is 6.10 Å². The Labute approximate surface area is 66.1 Å². The summed E-state index contributed by atoms with van der Waals surface area (Å²) in [7, 11) is 0. The van der Waals surface area contributed by atoms with Gasteiger partial charge in [0.1, 0.15) is 0 Å². The standard InChI is InChI=1S/C8H11NO2/c1-4-6-8(2,3)5-9-7(10)11-6/h1,6H,5H2,2-3H3,(H,9,10)/t6-/m0/s1. The molecule has 1 amide bonds. The average molecular weight is 153 g/mol. The monoisotopic (exact) mass is 153 g/mol. The first-order chi connectivity index (χ1) is 5.06. The molecule has 0 aliphatic carbocycles. The summed E-state index contributed by atoms with van der Waals surface area (Å²) in [6.07, 6.45) is 4.36. The van der Waals surface area contributed by atoms with E-state index in [2.05, 4.69) is 11.2 Å². The summed E-state index contributed by atoms with van der Waals surface area (Å²) in [6.45, 7) is 4.48. The Bertz CT molecular complexity index is 215. The second-order valence-corrected chi connectivity index (χ2v) is 3.29. The smallest absolute Gasteiger partial charge is 0.408 e. The molecule has 1 fully saturated rings. The van der Waals surface area contributed by atoms with E-state index in [1.165, 1.54) is 0 Å². The fraction of sp³-hybridized carbons (Fsp3) is 0.625. The molecule has 1 heterocycles. The first-order valence-corrected chi connectivity index (χ1v) is 3.47. The van der Waals surface area contributed by atoms with Gasteiger partial charge in [0.25, 0.3) is 0 Å². The summed E-state index contributed by atoms with van der Waals surface area (Å²) in [4.78, 5) is 10.7. The van der Waals surface area contributed by atoms with Crippen molar-refractivity contribution in [2.75, 3.05) is 6.54 Å². The van der Waals surface area contributed by atoms with Gasteiger partial charge in [-0.25, -0.2) is 4.79 Å². The fourth-order valence-corrected chi connectivity index (χ4v) is 0.961. The number of terminal acetylenes is 1. The lowest BCUT2D eigenvalue weighted by atomic mass is 9.86.